The van der Waals surface area contributed by atoms with Gasteiger partial charge in [-0.1, -0.05) is 23.7 Å². The number of carbonyl (C=O) groups is 3. The fourth-order valence-corrected chi connectivity index (χ4v) is 2.86. The molecule has 0 aliphatic carbocycles. The largest absolute Gasteiger partial charge is 0.493 e. The van der Waals surface area contributed by atoms with Crippen LogP contribution in [0.25, 0.3) is 6.08 Å². The van der Waals surface area contributed by atoms with Crippen LogP contribution in [0, 0.1) is 11.3 Å². The Kier molecular flexibility index (Phi) is 5.81. The van der Waals surface area contributed by atoms with E-state index in [2.05, 4.69) is 5.32 Å². The number of nitrogens with zero attached hydrogens (tertiary/aromatic N) is 2. The van der Waals surface area contributed by atoms with E-state index < -0.39 is 17.8 Å². The highest BCUT2D eigenvalue weighted by molar-refractivity contribution is 6.39. The Morgan fingerprint density at radius 2 is 1.97 bits per heavy atom. The molecular formula is C20H14ClN3O5. The summed E-state index contributed by atoms with van der Waals surface area (Å²) in [5.74, 6) is -0.945. The molecule has 0 spiro atoms. The fraction of sp³-hybridized carbons (Fsp3) is 0.100. The van der Waals surface area contributed by atoms with Crippen molar-refractivity contribution in [2.75, 3.05) is 18.6 Å². The third-order valence-corrected chi connectivity index (χ3v) is 4.19. The van der Waals surface area contributed by atoms with Crippen molar-refractivity contribution in [3.05, 3.63) is 58.6 Å². The van der Waals surface area contributed by atoms with Crippen molar-refractivity contribution < 1.29 is 23.9 Å². The van der Waals surface area contributed by atoms with Crippen molar-refractivity contribution in [3.63, 3.8) is 0 Å². The lowest BCUT2D eigenvalue weighted by atomic mass is 10.1. The van der Waals surface area contributed by atoms with Gasteiger partial charge in [-0.2, -0.15) is 5.26 Å². The van der Waals surface area contributed by atoms with Gasteiger partial charge in [0.05, 0.1) is 12.8 Å². The Balaban J connectivity index is 1.97. The minimum atomic E-state index is -0.864. The lowest BCUT2D eigenvalue weighted by Gasteiger charge is -2.26. The number of amides is 4. The van der Waals surface area contributed by atoms with Gasteiger partial charge in [-0.05, 0) is 42.0 Å². The van der Waals surface area contributed by atoms with Gasteiger partial charge in [0.1, 0.15) is 11.6 Å². The Morgan fingerprint density at radius 3 is 2.66 bits per heavy atom. The van der Waals surface area contributed by atoms with E-state index in [9.17, 15) is 14.4 Å². The summed E-state index contributed by atoms with van der Waals surface area (Å²) >= 11 is 5.94. The van der Waals surface area contributed by atoms with Crippen molar-refractivity contribution in [1.29, 1.82) is 5.26 Å². The van der Waals surface area contributed by atoms with Gasteiger partial charge in [0.15, 0.2) is 18.1 Å². The molecule has 2 aromatic carbocycles. The second kappa shape index (κ2) is 8.46. The maximum absolute atomic E-state index is 12.9. The van der Waals surface area contributed by atoms with Crippen LogP contribution in [-0.2, 0) is 9.59 Å². The van der Waals surface area contributed by atoms with Gasteiger partial charge in [-0.25, -0.2) is 9.69 Å². The molecule has 0 unspecified atom stereocenters. The van der Waals surface area contributed by atoms with Crippen LogP contribution in [0.4, 0.5) is 10.5 Å². The molecule has 0 aromatic heterocycles. The van der Waals surface area contributed by atoms with E-state index in [1.54, 1.807) is 30.3 Å². The summed E-state index contributed by atoms with van der Waals surface area (Å²) in [6.45, 7) is -0.158. The molecule has 1 aliphatic heterocycles. The monoisotopic (exact) mass is 411 g/mol. The molecule has 9 heteroatoms. The number of barbiturate groups is 1. The zero-order valence-electron chi connectivity index (χ0n) is 15.1. The molecular weight excluding hydrogens is 398 g/mol. The van der Waals surface area contributed by atoms with Crippen LogP contribution in [0.2, 0.25) is 5.02 Å². The van der Waals surface area contributed by atoms with Gasteiger partial charge in [0.2, 0.25) is 0 Å². The molecule has 2 aromatic rings. The van der Waals surface area contributed by atoms with Crippen LogP contribution in [0.5, 0.6) is 11.5 Å². The third kappa shape index (κ3) is 4.20. The van der Waals surface area contributed by atoms with E-state index in [4.69, 9.17) is 26.3 Å². The quantitative estimate of drug-likeness (QED) is 0.598. The Hall–Kier alpha value is -3.83. The van der Waals surface area contributed by atoms with Gasteiger partial charge in [0, 0.05) is 5.02 Å². The summed E-state index contributed by atoms with van der Waals surface area (Å²) in [6.07, 6.45) is 1.33. The fourth-order valence-electron chi connectivity index (χ4n) is 2.68. The molecule has 1 fully saturated rings. The number of carbonyl (C=O) groups excluding carboxylic acids is 3. The van der Waals surface area contributed by atoms with E-state index in [0.717, 1.165) is 4.90 Å². The van der Waals surface area contributed by atoms with Gasteiger partial charge >= 0.3 is 6.03 Å². The van der Waals surface area contributed by atoms with Crippen LogP contribution < -0.4 is 19.7 Å². The minimum Gasteiger partial charge on any atom is -0.493 e. The summed E-state index contributed by atoms with van der Waals surface area (Å²) < 4.78 is 10.5. The molecule has 1 aliphatic rings. The van der Waals surface area contributed by atoms with E-state index in [1.807, 2.05) is 6.07 Å². The average molecular weight is 412 g/mol. The number of methoxy groups -OCH3 is 1. The zero-order chi connectivity index (χ0) is 21.0. The van der Waals surface area contributed by atoms with Crippen LogP contribution in [0.15, 0.2) is 48.0 Å². The number of nitriles is 1. The standard InChI is InChI=1S/C20H14ClN3O5/c1-28-17-10-12(5-6-16(17)29-8-7-22)9-15-18(25)23-20(27)24(19(15)26)14-4-2-3-13(21)11-14/h2-6,9-11H,8H2,1H3,(H,23,25,27)/b15-9-. The Labute approximate surface area is 170 Å². The molecule has 3 rings (SSSR count). The van der Waals surface area contributed by atoms with Crippen molar-refractivity contribution in [1.82, 2.24) is 5.32 Å². The van der Waals surface area contributed by atoms with E-state index in [0.29, 0.717) is 22.1 Å². The SMILES string of the molecule is COc1cc(/C=C2/C(=O)NC(=O)N(c3cccc(Cl)c3)C2=O)ccc1OCC#N. The molecule has 1 heterocycles. The molecule has 29 heavy (non-hydrogen) atoms. The number of benzene rings is 2. The van der Waals surface area contributed by atoms with E-state index >= 15 is 0 Å². The highest BCUT2D eigenvalue weighted by Gasteiger charge is 2.36. The number of hydrogen-bond donors (Lipinski definition) is 1. The number of ether oxygens (including phenoxy) is 2. The maximum Gasteiger partial charge on any atom is 0.335 e. The highest BCUT2D eigenvalue weighted by atomic mass is 35.5. The van der Waals surface area contributed by atoms with Crippen LogP contribution in [-0.4, -0.2) is 31.6 Å². The molecule has 146 valence electrons. The number of halogens is 1. The number of rotatable bonds is 5. The summed E-state index contributed by atoms with van der Waals surface area (Å²) in [5.41, 5.74) is 0.457. The second-order valence-electron chi connectivity index (χ2n) is 5.79. The molecule has 1 saturated heterocycles. The number of imide groups is 2. The second-order valence-corrected chi connectivity index (χ2v) is 6.23. The first kappa shape index (κ1) is 19.9. The van der Waals surface area contributed by atoms with Crippen molar-refractivity contribution in [2.24, 2.45) is 0 Å². The first-order chi connectivity index (χ1) is 13.9. The number of hydrogen-bond acceptors (Lipinski definition) is 6. The summed E-state index contributed by atoms with van der Waals surface area (Å²) in [7, 11) is 1.42. The maximum atomic E-state index is 12.9. The average Bonchev–Trinajstić information content (AvgIpc) is 2.69. The topological polar surface area (TPSA) is 109 Å². The van der Waals surface area contributed by atoms with Crippen LogP contribution >= 0.6 is 11.6 Å². The zero-order valence-corrected chi connectivity index (χ0v) is 15.9. The van der Waals surface area contributed by atoms with Crippen LogP contribution in [0.1, 0.15) is 5.56 Å². The van der Waals surface area contributed by atoms with Crippen molar-refractivity contribution in [2.45, 2.75) is 0 Å². The first-order valence-electron chi connectivity index (χ1n) is 8.29. The minimum absolute atomic E-state index is 0.158. The molecule has 0 bridgehead atoms. The third-order valence-electron chi connectivity index (χ3n) is 3.96. The molecule has 0 saturated carbocycles. The van der Waals surface area contributed by atoms with Gasteiger partial charge in [0.25, 0.3) is 11.8 Å². The van der Waals surface area contributed by atoms with Crippen molar-refractivity contribution >= 4 is 41.2 Å². The molecule has 0 atom stereocenters. The summed E-state index contributed by atoms with van der Waals surface area (Å²) in [5, 5.41) is 11.1. The molecule has 8 nitrogen and oxygen atoms in total. The van der Waals surface area contributed by atoms with Gasteiger partial charge < -0.3 is 9.47 Å². The predicted octanol–water partition coefficient (Wildman–Crippen LogP) is 2.92. The number of urea groups is 1. The number of nitrogens with one attached hydrogen (secondary N) is 1. The lowest BCUT2D eigenvalue weighted by Crippen LogP contribution is -2.54. The first-order valence-corrected chi connectivity index (χ1v) is 8.67. The normalized spacial score (nSPS) is 15.1. The predicted molar refractivity (Wildman–Crippen MR) is 105 cm³/mol. The van der Waals surface area contributed by atoms with Gasteiger partial charge in [-0.3, -0.25) is 14.9 Å². The Morgan fingerprint density at radius 1 is 1.17 bits per heavy atom. The molecule has 0 radical (unpaired) electrons. The number of anilines is 1. The van der Waals surface area contributed by atoms with E-state index in [1.165, 1.54) is 25.3 Å². The van der Waals surface area contributed by atoms with Crippen LogP contribution in [0.3, 0.4) is 0 Å². The summed E-state index contributed by atoms with van der Waals surface area (Å²) in [4.78, 5) is 38.2. The smallest absolute Gasteiger partial charge is 0.335 e. The van der Waals surface area contributed by atoms with E-state index in [-0.39, 0.29) is 17.9 Å². The van der Waals surface area contributed by atoms with Gasteiger partial charge in [-0.15, -0.1) is 0 Å². The lowest BCUT2D eigenvalue weighted by molar-refractivity contribution is -0.122. The summed E-state index contributed by atoms with van der Waals surface area (Å²) in [6, 6.07) is 11.8. The molecule has 4 amide bonds. The highest BCUT2D eigenvalue weighted by Crippen LogP contribution is 2.30. The Bertz CT molecular complexity index is 1070. The van der Waals surface area contributed by atoms with Crippen molar-refractivity contribution in [3.8, 4) is 17.6 Å². The molecule has 1 N–H and O–H groups in total.